The van der Waals surface area contributed by atoms with E-state index in [0.717, 1.165) is 0 Å². The number of carbonyl (C=O) groups is 1. The number of aliphatic hydroxyl groups is 1. The first-order chi connectivity index (χ1) is 5.15. The minimum Gasteiger partial charge on any atom is -0.468 e. The number of hydrogen-bond donors (Lipinski definition) is 1. The fourth-order valence-corrected chi connectivity index (χ4v) is 1.69. The standard InChI is InChI=1S/C6H12NO3P/c1-10-6(9)5-2-4(8)3-7(5)11/h4-5,8H,2-3,11H2,1H3/t4-,5?/m1/s1. The lowest BCUT2D eigenvalue weighted by Gasteiger charge is -2.14. The van der Waals surface area contributed by atoms with Crippen LogP contribution in [0.1, 0.15) is 6.42 Å². The van der Waals surface area contributed by atoms with E-state index in [9.17, 15) is 4.79 Å². The monoisotopic (exact) mass is 177 g/mol. The van der Waals surface area contributed by atoms with Crippen molar-refractivity contribution >= 4 is 15.4 Å². The summed E-state index contributed by atoms with van der Waals surface area (Å²) < 4.78 is 6.27. The van der Waals surface area contributed by atoms with Crippen molar-refractivity contribution in [3.05, 3.63) is 0 Å². The molecule has 1 saturated heterocycles. The third-order valence-electron chi connectivity index (χ3n) is 1.79. The normalized spacial score (nSPS) is 32.3. The molecule has 1 aliphatic rings. The van der Waals surface area contributed by atoms with Gasteiger partial charge in [0, 0.05) is 13.0 Å². The summed E-state index contributed by atoms with van der Waals surface area (Å²) in [5, 5.41) is 9.15. The second kappa shape index (κ2) is 3.48. The zero-order chi connectivity index (χ0) is 8.43. The molecule has 1 rings (SSSR count). The minimum atomic E-state index is -0.406. The molecule has 0 spiro atoms. The average molecular weight is 177 g/mol. The van der Waals surface area contributed by atoms with Gasteiger partial charge in [-0.05, 0) is 0 Å². The molecule has 1 heterocycles. The molecule has 64 valence electrons. The second-order valence-corrected chi connectivity index (χ2v) is 3.29. The Labute approximate surface area is 67.8 Å². The van der Waals surface area contributed by atoms with Gasteiger partial charge in [-0.15, -0.1) is 0 Å². The Balaban J connectivity index is 2.52. The van der Waals surface area contributed by atoms with Crippen molar-refractivity contribution in [2.45, 2.75) is 18.6 Å². The summed E-state index contributed by atoms with van der Waals surface area (Å²) in [6.45, 7) is 0.518. The molecule has 0 saturated carbocycles. The van der Waals surface area contributed by atoms with Gasteiger partial charge in [0.25, 0.3) is 0 Å². The van der Waals surface area contributed by atoms with Gasteiger partial charge in [0.05, 0.1) is 13.2 Å². The van der Waals surface area contributed by atoms with Crippen LogP contribution in [-0.4, -0.2) is 41.5 Å². The van der Waals surface area contributed by atoms with Crippen molar-refractivity contribution in [2.75, 3.05) is 13.7 Å². The van der Waals surface area contributed by atoms with E-state index in [1.165, 1.54) is 7.11 Å². The van der Waals surface area contributed by atoms with Crippen molar-refractivity contribution in [1.29, 1.82) is 0 Å². The molecule has 3 atom stereocenters. The van der Waals surface area contributed by atoms with E-state index in [4.69, 9.17) is 5.11 Å². The summed E-state index contributed by atoms with van der Waals surface area (Å²) in [6, 6.07) is -0.292. The van der Waals surface area contributed by atoms with E-state index in [1.807, 2.05) is 0 Å². The predicted octanol–water partition coefficient (Wildman–Crippen LogP) is -0.615. The quantitative estimate of drug-likeness (QED) is 0.428. The maximum atomic E-state index is 11.0. The smallest absolute Gasteiger partial charge is 0.323 e. The van der Waals surface area contributed by atoms with E-state index in [0.29, 0.717) is 13.0 Å². The highest BCUT2D eigenvalue weighted by atomic mass is 31.0. The van der Waals surface area contributed by atoms with Crippen LogP contribution >= 0.6 is 9.39 Å². The molecule has 0 aromatic rings. The summed E-state index contributed by atoms with van der Waals surface area (Å²) in [4.78, 5) is 11.0. The van der Waals surface area contributed by atoms with Crippen molar-refractivity contribution < 1.29 is 14.6 Å². The van der Waals surface area contributed by atoms with Gasteiger partial charge in [-0.25, -0.2) is 0 Å². The molecule has 0 aromatic heterocycles. The van der Waals surface area contributed by atoms with Gasteiger partial charge in [0.2, 0.25) is 0 Å². The van der Waals surface area contributed by atoms with Gasteiger partial charge in [-0.1, -0.05) is 9.39 Å². The number of ether oxygens (including phenoxy) is 1. The van der Waals surface area contributed by atoms with Crippen LogP contribution in [0.15, 0.2) is 0 Å². The molecule has 0 radical (unpaired) electrons. The number of rotatable bonds is 1. The van der Waals surface area contributed by atoms with Crippen LogP contribution in [-0.2, 0) is 9.53 Å². The SMILES string of the molecule is COC(=O)C1C[C@@H](O)CN1P. The highest BCUT2D eigenvalue weighted by Crippen LogP contribution is 2.21. The largest absolute Gasteiger partial charge is 0.468 e. The maximum Gasteiger partial charge on any atom is 0.323 e. The molecule has 2 unspecified atom stereocenters. The summed E-state index contributed by atoms with van der Waals surface area (Å²) in [5.41, 5.74) is 0. The van der Waals surface area contributed by atoms with Crippen LogP contribution in [0.3, 0.4) is 0 Å². The zero-order valence-electron chi connectivity index (χ0n) is 6.36. The zero-order valence-corrected chi connectivity index (χ0v) is 7.51. The van der Waals surface area contributed by atoms with Crippen molar-refractivity contribution in [3.8, 4) is 0 Å². The lowest BCUT2D eigenvalue weighted by Crippen LogP contribution is -2.29. The number of nitrogens with zero attached hydrogens (tertiary/aromatic N) is 1. The first-order valence-corrected chi connectivity index (χ1v) is 3.94. The van der Waals surface area contributed by atoms with Gasteiger partial charge in [0.1, 0.15) is 6.04 Å². The number of methoxy groups -OCH3 is 1. The number of hydrogen-bond acceptors (Lipinski definition) is 4. The first-order valence-electron chi connectivity index (χ1n) is 3.42. The third-order valence-corrected chi connectivity index (χ3v) is 2.36. The Morgan fingerprint density at radius 1 is 1.82 bits per heavy atom. The van der Waals surface area contributed by atoms with Crippen LogP contribution in [0.4, 0.5) is 0 Å². The van der Waals surface area contributed by atoms with E-state index >= 15 is 0 Å². The van der Waals surface area contributed by atoms with Crippen LogP contribution in [0.5, 0.6) is 0 Å². The lowest BCUT2D eigenvalue weighted by atomic mass is 10.2. The molecule has 0 aliphatic carbocycles. The molecule has 0 bridgehead atoms. The summed E-state index contributed by atoms with van der Waals surface area (Å²) in [6.07, 6.45) is 0.0625. The molecule has 1 aliphatic heterocycles. The average Bonchev–Trinajstić information content (AvgIpc) is 2.28. The number of aliphatic hydroxyl groups excluding tert-OH is 1. The van der Waals surface area contributed by atoms with Gasteiger partial charge >= 0.3 is 5.97 Å². The molecule has 1 fully saturated rings. The third kappa shape index (κ3) is 1.89. The molecule has 5 heteroatoms. The second-order valence-electron chi connectivity index (χ2n) is 2.63. The first kappa shape index (κ1) is 8.91. The fraction of sp³-hybridized carbons (Fsp3) is 0.833. The number of β-amino-alcohol motifs (C(OH)–C–C–N with tert-alkyl or cyclic N) is 1. The Morgan fingerprint density at radius 3 is 2.82 bits per heavy atom. The van der Waals surface area contributed by atoms with Gasteiger partial charge in [0.15, 0.2) is 0 Å². The molecular weight excluding hydrogens is 165 g/mol. The molecule has 4 nitrogen and oxygen atoms in total. The van der Waals surface area contributed by atoms with Crippen molar-refractivity contribution in [2.24, 2.45) is 0 Å². The fourth-order valence-electron chi connectivity index (χ4n) is 1.21. The van der Waals surface area contributed by atoms with E-state index in [1.54, 1.807) is 4.67 Å². The topological polar surface area (TPSA) is 49.8 Å². The predicted molar refractivity (Wildman–Crippen MR) is 42.8 cm³/mol. The number of carbonyl (C=O) groups excluding carboxylic acids is 1. The van der Waals surface area contributed by atoms with Gasteiger partial charge < -0.3 is 9.84 Å². The lowest BCUT2D eigenvalue weighted by molar-refractivity contribution is -0.144. The Kier molecular flexibility index (Phi) is 2.82. The van der Waals surface area contributed by atoms with Gasteiger partial charge in [-0.3, -0.25) is 9.46 Å². The highest BCUT2D eigenvalue weighted by molar-refractivity contribution is 7.13. The Bertz CT molecular complexity index is 164. The van der Waals surface area contributed by atoms with Crippen LogP contribution < -0.4 is 0 Å². The summed E-state index contributed by atoms with van der Waals surface area (Å²) in [7, 11) is 3.76. The highest BCUT2D eigenvalue weighted by Gasteiger charge is 2.34. The van der Waals surface area contributed by atoms with E-state index < -0.39 is 6.10 Å². The van der Waals surface area contributed by atoms with Crippen molar-refractivity contribution in [3.63, 3.8) is 0 Å². The Morgan fingerprint density at radius 2 is 2.45 bits per heavy atom. The molecule has 0 amide bonds. The van der Waals surface area contributed by atoms with Gasteiger partial charge in [-0.2, -0.15) is 0 Å². The maximum absolute atomic E-state index is 11.0. The van der Waals surface area contributed by atoms with Crippen LogP contribution in [0.2, 0.25) is 0 Å². The molecular formula is C6H12NO3P. The minimum absolute atomic E-state index is 0.281. The van der Waals surface area contributed by atoms with E-state index in [-0.39, 0.29) is 12.0 Å². The summed E-state index contributed by atoms with van der Waals surface area (Å²) in [5.74, 6) is -0.281. The molecule has 0 aromatic carbocycles. The number of esters is 1. The van der Waals surface area contributed by atoms with Crippen LogP contribution in [0, 0.1) is 0 Å². The summed E-state index contributed by atoms with van der Waals surface area (Å²) >= 11 is 0. The molecule has 11 heavy (non-hydrogen) atoms. The van der Waals surface area contributed by atoms with Crippen molar-refractivity contribution in [1.82, 2.24) is 4.67 Å². The van der Waals surface area contributed by atoms with E-state index in [2.05, 4.69) is 14.1 Å². The Hall–Kier alpha value is -0.180. The molecule has 1 N–H and O–H groups in total. The van der Waals surface area contributed by atoms with Crippen LogP contribution in [0.25, 0.3) is 0 Å².